The smallest absolute Gasteiger partial charge is 0.0997 e. The van der Waals surface area contributed by atoms with Gasteiger partial charge in [-0.3, -0.25) is 0 Å². The van der Waals surface area contributed by atoms with Crippen LogP contribution in [0.15, 0.2) is 28.7 Å². The van der Waals surface area contributed by atoms with Crippen molar-refractivity contribution in [2.24, 2.45) is 0 Å². The average molecular weight is 306 g/mol. The van der Waals surface area contributed by atoms with Crippen molar-refractivity contribution < 1.29 is 9.47 Å². The van der Waals surface area contributed by atoms with Gasteiger partial charge in [-0.05, 0) is 24.1 Å². The van der Waals surface area contributed by atoms with Gasteiger partial charge in [0, 0.05) is 11.6 Å². The zero-order valence-electron chi connectivity index (χ0n) is 9.03. The second kappa shape index (κ2) is 5.50. The normalized spacial score (nSPS) is 28.8. The number of hydrogen-bond acceptors (Lipinski definition) is 2. The predicted molar refractivity (Wildman–Crippen MR) is 67.8 cm³/mol. The molecule has 88 valence electrons. The van der Waals surface area contributed by atoms with Crippen LogP contribution in [0.4, 0.5) is 0 Å². The van der Waals surface area contributed by atoms with E-state index < -0.39 is 0 Å². The number of hydrogen-bond donors (Lipinski definition) is 0. The summed E-state index contributed by atoms with van der Waals surface area (Å²) in [5.74, 6) is 0. The summed E-state index contributed by atoms with van der Waals surface area (Å²) in [5, 5.41) is 0.0949. The van der Waals surface area contributed by atoms with Gasteiger partial charge in [0.2, 0.25) is 0 Å². The molecule has 0 aromatic heterocycles. The van der Waals surface area contributed by atoms with E-state index in [1.807, 2.05) is 18.2 Å². The van der Waals surface area contributed by atoms with E-state index in [1.165, 1.54) is 0 Å². The molecule has 4 heteroatoms. The summed E-state index contributed by atoms with van der Waals surface area (Å²) < 4.78 is 12.1. The molecule has 16 heavy (non-hydrogen) atoms. The third kappa shape index (κ3) is 2.77. The van der Waals surface area contributed by atoms with Gasteiger partial charge in [0.25, 0.3) is 0 Å². The van der Waals surface area contributed by atoms with Crippen LogP contribution in [0.3, 0.4) is 0 Å². The van der Waals surface area contributed by atoms with Crippen molar-refractivity contribution in [1.29, 1.82) is 0 Å². The first kappa shape index (κ1) is 12.4. The Balaban J connectivity index is 1.84. The molecule has 1 aliphatic carbocycles. The van der Waals surface area contributed by atoms with Gasteiger partial charge in [-0.15, -0.1) is 11.6 Å². The molecule has 0 amide bonds. The maximum absolute atomic E-state index is 6.00. The van der Waals surface area contributed by atoms with E-state index in [1.54, 1.807) is 7.11 Å². The quantitative estimate of drug-likeness (QED) is 0.794. The van der Waals surface area contributed by atoms with Crippen molar-refractivity contribution in [3.8, 4) is 0 Å². The summed E-state index contributed by atoms with van der Waals surface area (Å²) in [6.45, 7) is 0.605. The Morgan fingerprint density at radius 2 is 2.31 bits per heavy atom. The van der Waals surface area contributed by atoms with E-state index in [0.717, 1.165) is 16.5 Å². The molecule has 1 fully saturated rings. The van der Waals surface area contributed by atoms with Gasteiger partial charge in [0.15, 0.2) is 0 Å². The molecular weight excluding hydrogens is 291 g/mol. The zero-order chi connectivity index (χ0) is 11.5. The maximum atomic E-state index is 6.00. The number of ether oxygens (including phenoxy) is 2. The van der Waals surface area contributed by atoms with Gasteiger partial charge in [-0.2, -0.15) is 0 Å². The van der Waals surface area contributed by atoms with Gasteiger partial charge in [0.05, 0.1) is 24.2 Å². The first-order valence-corrected chi connectivity index (χ1v) is 6.46. The summed E-state index contributed by atoms with van der Waals surface area (Å²) in [5.41, 5.74) is 1.15. The standard InChI is InChI=1S/C12H14BrClO2/c1-15-12-10(14)6-11(12)16-7-8-3-2-4-9(13)5-8/h2-5,10-12H,6-7H2,1H3. The number of halogens is 2. The van der Waals surface area contributed by atoms with Gasteiger partial charge in [-0.1, -0.05) is 28.1 Å². The largest absolute Gasteiger partial charge is 0.377 e. The molecule has 0 saturated heterocycles. The van der Waals surface area contributed by atoms with Crippen LogP contribution in [0.25, 0.3) is 0 Å². The van der Waals surface area contributed by atoms with Crippen LogP contribution in [-0.2, 0) is 16.1 Å². The van der Waals surface area contributed by atoms with Crippen molar-refractivity contribution in [3.63, 3.8) is 0 Å². The highest BCUT2D eigenvalue weighted by Gasteiger charge is 2.40. The highest BCUT2D eigenvalue weighted by molar-refractivity contribution is 9.10. The van der Waals surface area contributed by atoms with Crippen LogP contribution in [0.2, 0.25) is 0 Å². The second-order valence-electron chi connectivity index (χ2n) is 3.93. The summed E-state index contributed by atoms with van der Waals surface area (Å²) in [4.78, 5) is 0. The fourth-order valence-electron chi connectivity index (χ4n) is 1.82. The minimum Gasteiger partial charge on any atom is -0.377 e. The van der Waals surface area contributed by atoms with E-state index in [0.29, 0.717) is 6.61 Å². The Kier molecular flexibility index (Phi) is 4.25. The number of benzene rings is 1. The summed E-state index contributed by atoms with van der Waals surface area (Å²) in [7, 11) is 1.68. The number of rotatable bonds is 4. The van der Waals surface area contributed by atoms with E-state index in [4.69, 9.17) is 21.1 Å². The van der Waals surface area contributed by atoms with E-state index in [9.17, 15) is 0 Å². The SMILES string of the molecule is COC1C(Cl)CC1OCc1cccc(Br)c1. The van der Waals surface area contributed by atoms with Gasteiger partial charge in [0.1, 0.15) is 0 Å². The average Bonchev–Trinajstić information content (AvgIpc) is 2.24. The number of alkyl halides is 1. The molecule has 0 heterocycles. The Bertz CT molecular complexity index is 359. The predicted octanol–water partition coefficient (Wildman–Crippen LogP) is 3.36. The van der Waals surface area contributed by atoms with Crippen LogP contribution in [0, 0.1) is 0 Å². The molecule has 0 bridgehead atoms. The van der Waals surface area contributed by atoms with E-state index >= 15 is 0 Å². The van der Waals surface area contributed by atoms with Gasteiger partial charge < -0.3 is 9.47 Å². The van der Waals surface area contributed by atoms with Crippen LogP contribution >= 0.6 is 27.5 Å². The van der Waals surface area contributed by atoms with Crippen LogP contribution in [0.5, 0.6) is 0 Å². The summed E-state index contributed by atoms with van der Waals surface area (Å²) >= 11 is 9.44. The molecule has 0 N–H and O–H groups in total. The topological polar surface area (TPSA) is 18.5 Å². The first-order valence-electron chi connectivity index (χ1n) is 5.23. The third-order valence-corrected chi connectivity index (χ3v) is 3.73. The van der Waals surface area contributed by atoms with Crippen molar-refractivity contribution >= 4 is 27.5 Å². The molecule has 2 nitrogen and oxygen atoms in total. The van der Waals surface area contributed by atoms with Crippen molar-refractivity contribution in [2.45, 2.75) is 30.6 Å². The Morgan fingerprint density at radius 3 is 2.94 bits per heavy atom. The lowest BCUT2D eigenvalue weighted by atomic mass is 9.91. The minimum atomic E-state index is 0.0359. The second-order valence-corrected chi connectivity index (χ2v) is 5.41. The maximum Gasteiger partial charge on any atom is 0.0997 e. The molecule has 0 spiro atoms. The molecule has 1 aliphatic rings. The lowest BCUT2D eigenvalue weighted by Crippen LogP contribution is -2.50. The minimum absolute atomic E-state index is 0.0359. The monoisotopic (exact) mass is 304 g/mol. The van der Waals surface area contributed by atoms with E-state index in [2.05, 4.69) is 22.0 Å². The highest BCUT2D eigenvalue weighted by Crippen LogP contribution is 2.32. The fourth-order valence-corrected chi connectivity index (χ4v) is 2.71. The lowest BCUT2D eigenvalue weighted by molar-refractivity contribution is -0.116. The highest BCUT2D eigenvalue weighted by atomic mass is 79.9. The molecule has 1 aromatic rings. The van der Waals surface area contributed by atoms with Crippen molar-refractivity contribution in [1.82, 2.24) is 0 Å². The van der Waals surface area contributed by atoms with Crippen molar-refractivity contribution in [2.75, 3.05) is 7.11 Å². The fraction of sp³-hybridized carbons (Fsp3) is 0.500. The molecular formula is C12H14BrClO2. The molecule has 1 aromatic carbocycles. The molecule has 1 saturated carbocycles. The summed E-state index contributed by atoms with van der Waals surface area (Å²) in [6.07, 6.45) is 1.04. The molecule has 0 aliphatic heterocycles. The van der Waals surface area contributed by atoms with Crippen LogP contribution in [-0.4, -0.2) is 24.7 Å². The van der Waals surface area contributed by atoms with Gasteiger partial charge >= 0.3 is 0 Å². The third-order valence-electron chi connectivity index (χ3n) is 2.81. The molecule has 2 rings (SSSR count). The van der Waals surface area contributed by atoms with Crippen LogP contribution < -0.4 is 0 Å². The van der Waals surface area contributed by atoms with Crippen molar-refractivity contribution in [3.05, 3.63) is 34.3 Å². The molecule has 3 atom stereocenters. The first-order chi connectivity index (χ1) is 7.70. The zero-order valence-corrected chi connectivity index (χ0v) is 11.4. The molecule has 0 radical (unpaired) electrons. The van der Waals surface area contributed by atoms with Gasteiger partial charge in [-0.25, -0.2) is 0 Å². The Labute approximate surface area is 109 Å². The van der Waals surface area contributed by atoms with E-state index in [-0.39, 0.29) is 17.6 Å². The molecule has 3 unspecified atom stereocenters. The number of methoxy groups -OCH3 is 1. The Morgan fingerprint density at radius 1 is 1.50 bits per heavy atom. The lowest BCUT2D eigenvalue weighted by Gasteiger charge is -2.39. The van der Waals surface area contributed by atoms with Crippen LogP contribution in [0.1, 0.15) is 12.0 Å². The Hall–Kier alpha value is -0.0900. The summed E-state index contributed by atoms with van der Waals surface area (Å²) in [6, 6.07) is 8.10.